The molecule has 0 bridgehead atoms. The Balaban J connectivity index is 1.98. The van der Waals surface area contributed by atoms with Crippen molar-refractivity contribution in [2.24, 2.45) is 0 Å². The topological polar surface area (TPSA) is 84.5 Å². The number of nitrogens with one attached hydrogen (secondary N) is 2. The average Bonchev–Trinajstić information content (AvgIpc) is 2.67. The Hall–Kier alpha value is -3.15. The van der Waals surface area contributed by atoms with Crippen LogP contribution in [0.4, 0.5) is 4.79 Å². The number of carbonyl (C=O) groups is 3. The molecule has 26 heavy (non-hydrogen) atoms. The molecule has 0 spiro atoms. The van der Waals surface area contributed by atoms with E-state index in [9.17, 15) is 14.4 Å². The summed E-state index contributed by atoms with van der Waals surface area (Å²) in [6.07, 6.45) is 0.229. The molecule has 2 atom stereocenters. The minimum atomic E-state index is -0.844. The third-order valence-electron chi connectivity index (χ3n) is 3.68. The van der Waals surface area contributed by atoms with Gasteiger partial charge in [-0.3, -0.25) is 4.79 Å². The summed E-state index contributed by atoms with van der Waals surface area (Å²) in [5.41, 5.74) is 1.73. The predicted molar refractivity (Wildman–Crippen MR) is 97.4 cm³/mol. The van der Waals surface area contributed by atoms with Crippen molar-refractivity contribution in [2.45, 2.75) is 32.0 Å². The lowest BCUT2D eigenvalue weighted by Gasteiger charge is -2.19. The lowest BCUT2D eigenvalue weighted by Crippen LogP contribution is -2.50. The quantitative estimate of drug-likeness (QED) is 0.712. The highest BCUT2D eigenvalue weighted by atomic mass is 16.5. The average molecular weight is 354 g/mol. The summed E-state index contributed by atoms with van der Waals surface area (Å²) in [5, 5.41) is 5.13. The Morgan fingerprint density at radius 2 is 1.54 bits per heavy atom. The Kier molecular flexibility index (Phi) is 7.36. The van der Waals surface area contributed by atoms with Gasteiger partial charge in [-0.2, -0.15) is 0 Å². The molecular weight excluding hydrogens is 332 g/mol. The van der Waals surface area contributed by atoms with E-state index in [0.717, 1.165) is 11.1 Å². The van der Waals surface area contributed by atoms with Gasteiger partial charge in [0.15, 0.2) is 0 Å². The van der Waals surface area contributed by atoms with Crippen molar-refractivity contribution in [1.29, 1.82) is 0 Å². The summed E-state index contributed by atoms with van der Waals surface area (Å²) in [7, 11) is 0. The standard InChI is InChI=1S/C20H22N2O4/c1-15(13-23)21-19(24)18(12-16-8-4-2-5-9-16)22-20(25)26-14-17-10-6-3-7-11-17/h2-11,13,15,18H,12,14H2,1H3,(H,21,24)(H,22,25)/t15-,18+/m0/s1. The number of aldehydes is 1. The number of alkyl carbamates (subject to hydrolysis) is 1. The molecule has 2 aromatic carbocycles. The summed E-state index contributed by atoms with van der Waals surface area (Å²) >= 11 is 0. The zero-order chi connectivity index (χ0) is 18.8. The van der Waals surface area contributed by atoms with E-state index in [0.29, 0.717) is 12.7 Å². The molecule has 6 nitrogen and oxygen atoms in total. The van der Waals surface area contributed by atoms with E-state index in [1.54, 1.807) is 6.92 Å². The Morgan fingerprint density at radius 1 is 0.962 bits per heavy atom. The second-order valence-electron chi connectivity index (χ2n) is 5.88. The zero-order valence-corrected chi connectivity index (χ0v) is 14.6. The predicted octanol–water partition coefficient (Wildman–Crippen LogP) is 2.23. The number of hydrogen-bond donors (Lipinski definition) is 2. The summed E-state index contributed by atoms with van der Waals surface area (Å²) in [6.45, 7) is 1.68. The molecule has 2 aromatic rings. The second-order valence-corrected chi connectivity index (χ2v) is 5.88. The van der Waals surface area contributed by atoms with Crippen LogP contribution in [0, 0.1) is 0 Å². The molecule has 0 aliphatic carbocycles. The van der Waals surface area contributed by atoms with Gasteiger partial charge in [-0.05, 0) is 18.1 Å². The SMILES string of the molecule is C[C@@H](C=O)NC(=O)[C@@H](Cc1ccccc1)NC(=O)OCc1ccccc1. The second kappa shape index (κ2) is 9.98. The van der Waals surface area contributed by atoms with Crippen molar-refractivity contribution >= 4 is 18.3 Å². The highest BCUT2D eigenvalue weighted by Gasteiger charge is 2.23. The van der Waals surface area contributed by atoms with E-state index in [-0.39, 0.29) is 6.61 Å². The van der Waals surface area contributed by atoms with Crippen LogP contribution < -0.4 is 10.6 Å². The molecule has 2 amide bonds. The van der Waals surface area contributed by atoms with E-state index in [1.165, 1.54) is 0 Å². The van der Waals surface area contributed by atoms with E-state index in [1.807, 2.05) is 60.7 Å². The molecule has 2 rings (SSSR count). The van der Waals surface area contributed by atoms with Crippen LogP contribution in [0.1, 0.15) is 18.1 Å². The molecule has 6 heteroatoms. The van der Waals surface area contributed by atoms with Gasteiger partial charge in [0.1, 0.15) is 18.9 Å². The number of benzene rings is 2. The largest absolute Gasteiger partial charge is 0.445 e. The Labute approximate surface area is 152 Å². The van der Waals surface area contributed by atoms with Crippen LogP contribution in [0.3, 0.4) is 0 Å². The number of carbonyl (C=O) groups excluding carboxylic acids is 3. The van der Waals surface area contributed by atoms with Crippen LogP contribution in [0.25, 0.3) is 0 Å². The van der Waals surface area contributed by atoms with Gasteiger partial charge in [0.25, 0.3) is 0 Å². The minimum Gasteiger partial charge on any atom is -0.445 e. The van der Waals surface area contributed by atoms with E-state index in [2.05, 4.69) is 10.6 Å². The highest BCUT2D eigenvalue weighted by Crippen LogP contribution is 2.05. The van der Waals surface area contributed by atoms with Crippen LogP contribution >= 0.6 is 0 Å². The first-order chi connectivity index (χ1) is 12.6. The molecule has 2 N–H and O–H groups in total. The molecule has 0 heterocycles. The zero-order valence-electron chi connectivity index (χ0n) is 14.6. The molecule has 0 aliphatic rings. The van der Waals surface area contributed by atoms with Gasteiger partial charge < -0.3 is 20.2 Å². The maximum Gasteiger partial charge on any atom is 0.408 e. The smallest absolute Gasteiger partial charge is 0.408 e. The maximum atomic E-state index is 12.4. The lowest BCUT2D eigenvalue weighted by atomic mass is 10.1. The van der Waals surface area contributed by atoms with Gasteiger partial charge in [0.2, 0.25) is 5.91 Å². The number of rotatable bonds is 8. The molecule has 0 saturated carbocycles. The Bertz CT molecular complexity index is 719. The fraction of sp³-hybridized carbons (Fsp3) is 0.250. The van der Waals surface area contributed by atoms with Crippen LogP contribution in [0.5, 0.6) is 0 Å². The number of amides is 2. The van der Waals surface area contributed by atoms with Gasteiger partial charge in [-0.15, -0.1) is 0 Å². The first kappa shape index (κ1) is 19.2. The molecular formula is C20H22N2O4. The monoisotopic (exact) mass is 354 g/mol. The summed E-state index contributed by atoms with van der Waals surface area (Å²) in [5.74, 6) is -0.440. The van der Waals surface area contributed by atoms with Crippen molar-refractivity contribution in [3.05, 3.63) is 71.8 Å². The first-order valence-corrected chi connectivity index (χ1v) is 8.35. The third-order valence-corrected chi connectivity index (χ3v) is 3.68. The molecule has 136 valence electrons. The van der Waals surface area contributed by atoms with Gasteiger partial charge in [-0.1, -0.05) is 60.7 Å². The van der Waals surface area contributed by atoms with Crippen LogP contribution in [0.15, 0.2) is 60.7 Å². The molecule has 0 fully saturated rings. The van der Waals surface area contributed by atoms with Crippen LogP contribution in [-0.2, 0) is 27.4 Å². The lowest BCUT2D eigenvalue weighted by molar-refractivity contribution is -0.125. The van der Waals surface area contributed by atoms with E-state index in [4.69, 9.17) is 4.74 Å². The summed E-state index contributed by atoms with van der Waals surface area (Å²) < 4.78 is 5.18. The molecule has 0 unspecified atom stereocenters. The van der Waals surface area contributed by atoms with Crippen molar-refractivity contribution < 1.29 is 19.1 Å². The van der Waals surface area contributed by atoms with Gasteiger partial charge in [0.05, 0.1) is 6.04 Å². The van der Waals surface area contributed by atoms with Crippen LogP contribution in [0.2, 0.25) is 0 Å². The van der Waals surface area contributed by atoms with Crippen molar-refractivity contribution in [3.63, 3.8) is 0 Å². The highest BCUT2D eigenvalue weighted by molar-refractivity contribution is 5.87. The molecule has 0 radical (unpaired) electrons. The summed E-state index contributed by atoms with van der Waals surface area (Å²) in [6, 6.07) is 17.1. The van der Waals surface area contributed by atoms with E-state index >= 15 is 0 Å². The fourth-order valence-corrected chi connectivity index (χ4v) is 2.33. The first-order valence-electron chi connectivity index (χ1n) is 8.35. The molecule has 0 aromatic heterocycles. The number of hydrogen-bond acceptors (Lipinski definition) is 4. The van der Waals surface area contributed by atoms with Crippen molar-refractivity contribution in [3.8, 4) is 0 Å². The third kappa shape index (κ3) is 6.39. The van der Waals surface area contributed by atoms with E-state index < -0.39 is 24.1 Å². The number of ether oxygens (including phenoxy) is 1. The van der Waals surface area contributed by atoms with Crippen molar-refractivity contribution in [1.82, 2.24) is 10.6 Å². The van der Waals surface area contributed by atoms with Gasteiger partial charge in [0, 0.05) is 6.42 Å². The van der Waals surface area contributed by atoms with Gasteiger partial charge >= 0.3 is 6.09 Å². The van der Waals surface area contributed by atoms with Crippen molar-refractivity contribution in [2.75, 3.05) is 0 Å². The normalized spacial score (nSPS) is 12.5. The Morgan fingerprint density at radius 3 is 2.12 bits per heavy atom. The molecule has 0 saturated heterocycles. The summed E-state index contributed by atoms with van der Waals surface area (Å²) in [4.78, 5) is 35.3. The van der Waals surface area contributed by atoms with Crippen LogP contribution in [-0.4, -0.2) is 30.4 Å². The fourth-order valence-electron chi connectivity index (χ4n) is 2.33. The van der Waals surface area contributed by atoms with Gasteiger partial charge in [-0.25, -0.2) is 4.79 Å². The maximum absolute atomic E-state index is 12.4. The molecule has 0 aliphatic heterocycles. The minimum absolute atomic E-state index is 0.108.